The van der Waals surface area contributed by atoms with Gasteiger partial charge < -0.3 is 35.2 Å². The highest BCUT2D eigenvalue weighted by molar-refractivity contribution is 5.79. The Balaban J connectivity index is 1.17. The zero-order valence-electron chi connectivity index (χ0n) is 22.1. The Hall–Kier alpha value is -2.23. The van der Waals surface area contributed by atoms with Crippen molar-refractivity contribution < 1.29 is 19.1 Å². The minimum Gasteiger partial charge on any atom is -0.379 e. The van der Waals surface area contributed by atoms with Crippen LogP contribution in [0.3, 0.4) is 0 Å². The number of fused-ring (bicyclic) bond motifs is 1. The number of carbonyl (C=O) groups is 1. The molecule has 0 aromatic carbocycles. The number of amides is 1. The van der Waals surface area contributed by atoms with Crippen molar-refractivity contribution in [2.45, 2.75) is 63.4 Å². The number of hydrogen-bond acceptors (Lipinski definition) is 12. The summed E-state index contributed by atoms with van der Waals surface area (Å²) >= 11 is 0. The van der Waals surface area contributed by atoms with Crippen LogP contribution >= 0.6 is 0 Å². The van der Waals surface area contributed by atoms with Crippen molar-refractivity contribution in [1.29, 1.82) is 0 Å². The lowest BCUT2D eigenvalue weighted by Gasteiger charge is -2.45. The van der Waals surface area contributed by atoms with Crippen LogP contribution in [-0.4, -0.2) is 110 Å². The van der Waals surface area contributed by atoms with Crippen LogP contribution in [0.4, 0.5) is 0 Å². The Kier molecular flexibility index (Phi) is 7.60. The van der Waals surface area contributed by atoms with Crippen molar-refractivity contribution in [1.82, 2.24) is 41.3 Å². The number of morpholine rings is 1. The van der Waals surface area contributed by atoms with Gasteiger partial charge in [-0.2, -0.15) is 0 Å². The first kappa shape index (κ1) is 26.0. The highest BCUT2D eigenvalue weighted by Crippen LogP contribution is 2.29. The standard InChI is InChI=1S/C25H41N9O4/c1-15(2)23(35)33-13-16(14-33)38-25-28-20-21(30-25)29-24(31-22(20)32-8-11-36-12-9-32)34-18-6-4-3-5-17(18)27-19(34)7-10-37-26/h3-6,15-19,22,24-25,27-31H,7-14,26H2,1-2H3. The van der Waals surface area contributed by atoms with Crippen LogP contribution in [0.5, 0.6) is 0 Å². The highest BCUT2D eigenvalue weighted by atomic mass is 16.6. The van der Waals surface area contributed by atoms with Crippen LogP contribution in [0.15, 0.2) is 35.8 Å². The van der Waals surface area contributed by atoms with E-state index in [0.29, 0.717) is 32.9 Å². The highest BCUT2D eigenvalue weighted by Gasteiger charge is 2.47. The molecule has 3 fully saturated rings. The lowest BCUT2D eigenvalue weighted by atomic mass is 10.0. The molecule has 13 heteroatoms. The van der Waals surface area contributed by atoms with E-state index in [-0.39, 0.29) is 55.0 Å². The van der Waals surface area contributed by atoms with E-state index in [1.807, 2.05) is 18.7 Å². The van der Waals surface area contributed by atoms with Gasteiger partial charge in [0.25, 0.3) is 0 Å². The molecule has 0 aromatic heterocycles. The summed E-state index contributed by atoms with van der Waals surface area (Å²) in [6.45, 7) is 8.64. The summed E-state index contributed by atoms with van der Waals surface area (Å²) in [7, 11) is 0. The summed E-state index contributed by atoms with van der Waals surface area (Å²) in [4.78, 5) is 23.9. The summed E-state index contributed by atoms with van der Waals surface area (Å²) < 4.78 is 12.0. The van der Waals surface area contributed by atoms with E-state index >= 15 is 0 Å². The van der Waals surface area contributed by atoms with Gasteiger partial charge >= 0.3 is 0 Å². The second-order valence-electron chi connectivity index (χ2n) is 11.0. The van der Waals surface area contributed by atoms with Crippen LogP contribution < -0.4 is 32.5 Å². The van der Waals surface area contributed by atoms with Gasteiger partial charge in [-0.15, -0.1) is 0 Å². The van der Waals surface area contributed by atoms with Gasteiger partial charge in [-0.25, -0.2) is 10.8 Å². The average Bonchev–Trinajstić information content (AvgIpc) is 3.49. The molecule has 210 valence electrons. The quantitative estimate of drug-likeness (QED) is 0.194. The summed E-state index contributed by atoms with van der Waals surface area (Å²) in [5, 5.41) is 18.4. The van der Waals surface area contributed by atoms with Gasteiger partial charge in [-0.05, 0) is 0 Å². The topological polar surface area (TPSA) is 141 Å². The Morgan fingerprint density at radius 1 is 1.13 bits per heavy atom. The molecule has 6 unspecified atom stereocenters. The molecule has 1 aliphatic carbocycles. The van der Waals surface area contributed by atoms with Crippen molar-refractivity contribution in [3.05, 3.63) is 35.8 Å². The molecule has 3 saturated heterocycles. The summed E-state index contributed by atoms with van der Waals surface area (Å²) in [6.07, 6.45) is 8.89. The van der Waals surface area contributed by atoms with Crippen LogP contribution in [0, 0.1) is 5.92 Å². The Bertz CT molecular complexity index is 962. The monoisotopic (exact) mass is 531 g/mol. The molecule has 5 aliphatic heterocycles. The van der Waals surface area contributed by atoms with Gasteiger partial charge in [0, 0.05) is 44.6 Å². The number of likely N-dealkylation sites (tertiary alicyclic amines) is 1. The van der Waals surface area contributed by atoms with Crippen molar-refractivity contribution in [3.63, 3.8) is 0 Å². The molecule has 0 aromatic rings. The SMILES string of the molecule is CC(C)C(=O)N1CC(OC2NC3=C(N2)C(N2CCOCC2)NC(N2C(CCON)NC4C=CC=CC42)N3)C1. The van der Waals surface area contributed by atoms with Crippen LogP contribution in [-0.2, 0) is 19.1 Å². The van der Waals surface area contributed by atoms with E-state index in [0.717, 1.165) is 31.0 Å². The number of hydrogen-bond donors (Lipinski definition) is 6. The molecule has 6 aliphatic rings. The summed E-state index contributed by atoms with van der Waals surface area (Å²) in [5.41, 5.74) is 1.03. The lowest BCUT2D eigenvalue weighted by molar-refractivity contribution is -0.155. The van der Waals surface area contributed by atoms with E-state index in [1.54, 1.807) is 0 Å². The van der Waals surface area contributed by atoms with Gasteiger partial charge in [0.05, 0.1) is 43.8 Å². The van der Waals surface area contributed by atoms with Crippen molar-refractivity contribution in [3.8, 4) is 0 Å². The molecule has 13 nitrogen and oxygen atoms in total. The second kappa shape index (κ2) is 11.1. The van der Waals surface area contributed by atoms with E-state index in [1.165, 1.54) is 0 Å². The zero-order valence-corrected chi connectivity index (χ0v) is 22.1. The first-order valence-corrected chi connectivity index (χ1v) is 13.8. The number of nitrogens with zero attached hydrogens (tertiary/aromatic N) is 3. The minimum atomic E-state index is -0.374. The fraction of sp³-hybridized carbons (Fsp3) is 0.720. The summed E-state index contributed by atoms with van der Waals surface area (Å²) in [5.74, 6) is 6.50. The maximum Gasteiger partial charge on any atom is 0.225 e. The fourth-order valence-corrected chi connectivity index (χ4v) is 6.13. The largest absolute Gasteiger partial charge is 0.379 e. The molecule has 0 spiro atoms. The third-order valence-electron chi connectivity index (χ3n) is 8.10. The van der Waals surface area contributed by atoms with Crippen molar-refractivity contribution in [2.24, 2.45) is 11.8 Å². The Labute approximate surface area is 223 Å². The smallest absolute Gasteiger partial charge is 0.225 e. The molecule has 38 heavy (non-hydrogen) atoms. The van der Waals surface area contributed by atoms with Crippen LogP contribution in [0.2, 0.25) is 0 Å². The molecule has 5 heterocycles. The van der Waals surface area contributed by atoms with Gasteiger partial charge in [0.2, 0.25) is 12.3 Å². The van der Waals surface area contributed by atoms with Gasteiger partial charge in [-0.3, -0.25) is 20.3 Å². The normalized spacial score (nSPS) is 35.5. The van der Waals surface area contributed by atoms with E-state index in [4.69, 9.17) is 20.2 Å². The Morgan fingerprint density at radius 3 is 2.68 bits per heavy atom. The van der Waals surface area contributed by atoms with Gasteiger partial charge in [0.1, 0.15) is 18.3 Å². The third kappa shape index (κ3) is 5.05. The predicted octanol–water partition coefficient (Wildman–Crippen LogP) is -1.98. The molecule has 1 amide bonds. The first-order chi connectivity index (χ1) is 18.5. The number of carbonyl (C=O) groups excluding carboxylic acids is 1. The zero-order chi connectivity index (χ0) is 26.2. The van der Waals surface area contributed by atoms with Gasteiger partial charge in [-0.1, -0.05) is 38.2 Å². The summed E-state index contributed by atoms with van der Waals surface area (Å²) in [6, 6.07) is 0.394. The molecular weight excluding hydrogens is 490 g/mol. The average molecular weight is 532 g/mol. The molecule has 0 bridgehead atoms. The number of nitrogens with two attached hydrogens (primary N) is 1. The van der Waals surface area contributed by atoms with Crippen LogP contribution in [0.25, 0.3) is 0 Å². The predicted molar refractivity (Wildman–Crippen MR) is 139 cm³/mol. The molecule has 0 saturated carbocycles. The fourth-order valence-electron chi connectivity index (χ4n) is 6.13. The van der Waals surface area contributed by atoms with E-state index in [9.17, 15) is 4.79 Å². The van der Waals surface area contributed by atoms with E-state index < -0.39 is 0 Å². The minimum absolute atomic E-state index is 0.00186. The number of nitrogens with one attached hydrogen (secondary N) is 5. The van der Waals surface area contributed by atoms with Crippen LogP contribution in [0.1, 0.15) is 20.3 Å². The molecular formula is C25H41N9O4. The number of ether oxygens (including phenoxy) is 2. The van der Waals surface area contributed by atoms with Crippen molar-refractivity contribution >= 4 is 5.91 Å². The molecule has 6 rings (SSSR count). The maximum atomic E-state index is 12.2. The van der Waals surface area contributed by atoms with Gasteiger partial charge in [0.15, 0.2) is 0 Å². The maximum absolute atomic E-state index is 12.2. The lowest BCUT2D eigenvalue weighted by Crippen LogP contribution is -2.69. The third-order valence-corrected chi connectivity index (χ3v) is 8.10. The van der Waals surface area contributed by atoms with Crippen molar-refractivity contribution in [2.75, 3.05) is 46.0 Å². The van der Waals surface area contributed by atoms with E-state index in [2.05, 4.69) is 60.7 Å². The first-order valence-electron chi connectivity index (χ1n) is 13.8. The number of allylic oxidation sites excluding steroid dienone is 2. The second-order valence-corrected chi connectivity index (χ2v) is 11.0. The molecule has 0 radical (unpaired) electrons. The molecule has 7 N–H and O–H groups in total. The number of rotatable bonds is 8. The molecule has 6 atom stereocenters. The Morgan fingerprint density at radius 2 is 1.92 bits per heavy atom.